The largest absolute Gasteiger partial charge is 0.458 e. The smallest absolute Gasteiger partial charge is 0.338 e. The Morgan fingerprint density at radius 2 is 1.45 bits per heavy atom. The van der Waals surface area contributed by atoms with Crippen LogP contribution in [0.3, 0.4) is 0 Å². The maximum absolute atomic E-state index is 13.7. The van der Waals surface area contributed by atoms with Crippen molar-refractivity contribution in [2.24, 2.45) is 0 Å². The van der Waals surface area contributed by atoms with Gasteiger partial charge in [-0.3, -0.25) is 0 Å². The highest BCUT2D eigenvalue weighted by molar-refractivity contribution is 5.80. The SMILES string of the molecule is FC(F)(F)C(F)(F)c1ccccc1-c1nc2ccccc2[nH]1. The van der Waals surface area contributed by atoms with E-state index >= 15 is 0 Å². The maximum atomic E-state index is 13.7. The normalized spacial score (nSPS) is 12.8. The molecule has 1 aromatic heterocycles. The second-order valence-electron chi connectivity index (χ2n) is 4.72. The Morgan fingerprint density at radius 3 is 2.14 bits per heavy atom. The minimum absolute atomic E-state index is 0.0271. The van der Waals surface area contributed by atoms with Gasteiger partial charge in [-0.2, -0.15) is 22.0 Å². The van der Waals surface area contributed by atoms with Crippen molar-refractivity contribution in [1.82, 2.24) is 9.97 Å². The average Bonchev–Trinajstić information content (AvgIpc) is 2.90. The molecule has 0 bridgehead atoms. The summed E-state index contributed by atoms with van der Waals surface area (Å²) >= 11 is 0. The molecule has 0 radical (unpaired) electrons. The summed E-state index contributed by atoms with van der Waals surface area (Å²) < 4.78 is 65.3. The van der Waals surface area contributed by atoms with Crippen LogP contribution in [0.1, 0.15) is 5.56 Å². The summed E-state index contributed by atoms with van der Waals surface area (Å²) in [5.74, 6) is -4.98. The van der Waals surface area contributed by atoms with Gasteiger partial charge < -0.3 is 4.98 Å². The van der Waals surface area contributed by atoms with Crippen LogP contribution in [0.25, 0.3) is 22.4 Å². The molecule has 0 aliphatic heterocycles. The van der Waals surface area contributed by atoms with Gasteiger partial charge in [-0.05, 0) is 12.1 Å². The van der Waals surface area contributed by atoms with Gasteiger partial charge in [-0.25, -0.2) is 4.98 Å². The predicted octanol–water partition coefficient (Wildman–Crippen LogP) is 4.88. The molecule has 1 heterocycles. The molecule has 22 heavy (non-hydrogen) atoms. The molecule has 0 atom stereocenters. The van der Waals surface area contributed by atoms with Crippen LogP contribution >= 0.6 is 0 Å². The highest BCUT2D eigenvalue weighted by atomic mass is 19.4. The lowest BCUT2D eigenvalue weighted by Crippen LogP contribution is -2.34. The molecule has 1 N–H and O–H groups in total. The maximum Gasteiger partial charge on any atom is 0.458 e. The third kappa shape index (κ3) is 2.22. The van der Waals surface area contributed by atoms with Gasteiger partial charge in [0.1, 0.15) is 5.82 Å². The van der Waals surface area contributed by atoms with Crippen molar-refractivity contribution in [3.63, 3.8) is 0 Å². The summed E-state index contributed by atoms with van der Waals surface area (Å²) in [5, 5.41) is 0. The van der Waals surface area contributed by atoms with E-state index < -0.39 is 17.7 Å². The van der Waals surface area contributed by atoms with E-state index in [0.717, 1.165) is 12.1 Å². The molecule has 0 unspecified atom stereocenters. The van der Waals surface area contributed by atoms with Crippen molar-refractivity contribution in [2.45, 2.75) is 12.1 Å². The number of aromatic amines is 1. The van der Waals surface area contributed by atoms with Gasteiger partial charge >= 0.3 is 12.1 Å². The highest BCUT2D eigenvalue weighted by Gasteiger charge is 2.59. The van der Waals surface area contributed by atoms with Crippen molar-refractivity contribution in [1.29, 1.82) is 0 Å². The number of alkyl halides is 5. The summed E-state index contributed by atoms with van der Waals surface area (Å²) in [4.78, 5) is 6.85. The number of aromatic nitrogens is 2. The van der Waals surface area contributed by atoms with Crippen LogP contribution in [0.5, 0.6) is 0 Å². The Labute approximate surface area is 121 Å². The summed E-state index contributed by atoms with van der Waals surface area (Å²) in [6, 6.07) is 11.2. The minimum atomic E-state index is -5.67. The Balaban J connectivity index is 2.20. The molecule has 114 valence electrons. The van der Waals surface area contributed by atoms with Crippen LogP contribution < -0.4 is 0 Å². The average molecular weight is 312 g/mol. The molecule has 0 aliphatic carbocycles. The molecular formula is C15H9F5N2. The Bertz CT molecular complexity index is 787. The zero-order valence-electron chi connectivity index (χ0n) is 11.0. The third-order valence-electron chi connectivity index (χ3n) is 3.27. The number of hydrogen-bond acceptors (Lipinski definition) is 1. The van der Waals surface area contributed by atoms with Crippen LogP contribution in [0.2, 0.25) is 0 Å². The first-order valence-electron chi connectivity index (χ1n) is 6.30. The second-order valence-corrected chi connectivity index (χ2v) is 4.72. The Morgan fingerprint density at radius 1 is 0.818 bits per heavy atom. The van der Waals surface area contributed by atoms with Gasteiger partial charge in [0.25, 0.3) is 0 Å². The highest BCUT2D eigenvalue weighted by Crippen LogP contribution is 2.46. The van der Waals surface area contributed by atoms with Crippen LogP contribution in [-0.2, 0) is 5.92 Å². The molecule has 3 rings (SSSR count). The van der Waals surface area contributed by atoms with Crippen LogP contribution in [-0.4, -0.2) is 16.1 Å². The van der Waals surface area contributed by atoms with E-state index in [-0.39, 0.29) is 11.4 Å². The first-order chi connectivity index (χ1) is 10.3. The topological polar surface area (TPSA) is 28.7 Å². The van der Waals surface area contributed by atoms with Crippen molar-refractivity contribution in [2.75, 3.05) is 0 Å². The number of fused-ring (bicyclic) bond motifs is 1. The minimum Gasteiger partial charge on any atom is -0.338 e. The zero-order valence-corrected chi connectivity index (χ0v) is 11.0. The van der Waals surface area contributed by atoms with Gasteiger partial charge in [0.2, 0.25) is 0 Å². The lowest BCUT2D eigenvalue weighted by molar-refractivity contribution is -0.289. The summed E-state index contributed by atoms with van der Waals surface area (Å²) in [5.41, 5.74) is -0.354. The van der Waals surface area contributed by atoms with Gasteiger partial charge in [0, 0.05) is 11.1 Å². The van der Waals surface area contributed by atoms with E-state index in [1.54, 1.807) is 24.3 Å². The van der Waals surface area contributed by atoms with E-state index in [1.165, 1.54) is 12.1 Å². The first kappa shape index (κ1) is 14.5. The third-order valence-corrected chi connectivity index (χ3v) is 3.27. The molecule has 7 heteroatoms. The zero-order chi connectivity index (χ0) is 16.0. The first-order valence-corrected chi connectivity index (χ1v) is 6.30. The van der Waals surface area contributed by atoms with Crippen LogP contribution in [0.15, 0.2) is 48.5 Å². The number of para-hydroxylation sites is 2. The van der Waals surface area contributed by atoms with Crippen molar-refractivity contribution < 1.29 is 22.0 Å². The molecule has 2 nitrogen and oxygen atoms in total. The van der Waals surface area contributed by atoms with Crippen LogP contribution in [0.4, 0.5) is 22.0 Å². The molecule has 0 spiro atoms. The van der Waals surface area contributed by atoms with Gasteiger partial charge in [0.15, 0.2) is 0 Å². The fraction of sp³-hybridized carbons (Fsp3) is 0.133. The molecule has 0 saturated carbocycles. The van der Waals surface area contributed by atoms with Gasteiger partial charge in [-0.15, -0.1) is 0 Å². The van der Waals surface area contributed by atoms with Gasteiger partial charge in [-0.1, -0.05) is 36.4 Å². The molecule has 0 saturated heterocycles. The molecule has 0 fully saturated rings. The molecular weight excluding hydrogens is 303 g/mol. The number of halogens is 5. The van der Waals surface area contributed by atoms with E-state index in [4.69, 9.17) is 0 Å². The quantitative estimate of drug-likeness (QED) is 0.671. The number of H-pyrrole nitrogens is 1. The van der Waals surface area contributed by atoms with Crippen molar-refractivity contribution >= 4 is 11.0 Å². The molecule has 0 aliphatic rings. The van der Waals surface area contributed by atoms with E-state index in [1.807, 2.05) is 0 Å². The number of rotatable bonds is 2. The van der Waals surface area contributed by atoms with E-state index in [2.05, 4.69) is 9.97 Å². The molecule has 2 aromatic carbocycles. The standard InChI is InChI=1S/C15H9F5N2/c16-14(17,15(18,19)20)10-6-2-1-5-9(10)13-21-11-7-3-4-8-12(11)22-13/h1-8H,(H,21,22). The molecule has 3 aromatic rings. The van der Waals surface area contributed by atoms with E-state index in [9.17, 15) is 22.0 Å². The summed E-state index contributed by atoms with van der Waals surface area (Å²) in [6.45, 7) is 0. The summed E-state index contributed by atoms with van der Waals surface area (Å²) in [7, 11) is 0. The lowest BCUT2D eigenvalue weighted by Gasteiger charge is -2.21. The fourth-order valence-corrected chi connectivity index (χ4v) is 2.20. The predicted molar refractivity (Wildman–Crippen MR) is 71.5 cm³/mol. The van der Waals surface area contributed by atoms with Crippen LogP contribution in [0, 0.1) is 0 Å². The number of hydrogen-bond donors (Lipinski definition) is 1. The van der Waals surface area contributed by atoms with Crippen molar-refractivity contribution in [3.8, 4) is 11.4 Å². The second kappa shape index (κ2) is 4.79. The number of nitrogens with zero attached hydrogens (tertiary/aromatic N) is 1. The summed E-state index contributed by atoms with van der Waals surface area (Å²) in [6.07, 6.45) is -5.67. The Hall–Kier alpha value is -2.44. The number of benzene rings is 2. The Kier molecular flexibility index (Phi) is 3.16. The van der Waals surface area contributed by atoms with Gasteiger partial charge in [0.05, 0.1) is 11.0 Å². The molecule has 0 amide bonds. The number of imidazole rings is 1. The lowest BCUT2D eigenvalue weighted by atomic mass is 10.0. The van der Waals surface area contributed by atoms with E-state index in [0.29, 0.717) is 11.0 Å². The number of nitrogens with one attached hydrogen (secondary N) is 1. The van der Waals surface area contributed by atoms with Crippen molar-refractivity contribution in [3.05, 3.63) is 54.1 Å². The monoisotopic (exact) mass is 312 g/mol. The fourth-order valence-electron chi connectivity index (χ4n) is 2.20.